The highest BCUT2D eigenvalue weighted by atomic mass is 32.2. The summed E-state index contributed by atoms with van der Waals surface area (Å²) in [5, 5.41) is 0. The van der Waals surface area contributed by atoms with Crippen molar-refractivity contribution >= 4 is 10.0 Å². The summed E-state index contributed by atoms with van der Waals surface area (Å²) in [6.45, 7) is 2.24. The van der Waals surface area contributed by atoms with E-state index in [9.17, 15) is 18.0 Å². The van der Waals surface area contributed by atoms with Gasteiger partial charge in [-0.3, -0.25) is 9.36 Å². The third-order valence-electron chi connectivity index (χ3n) is 3.72. The third kappa shape index (κ3) is 2.11. The van der Waals surface area contributed by atoms with Gasteiger partial charge in [-0.1, -0.05) is 6.92 Å². The molecule has 2 heterocycles. The molecule has 8 nitrogen and oxygen atoms in total. The molecule has 0 radical (unpaired) electrons. The first-order valence-corrected chi connectivity index (χ1v) is 7.62. The number of nitrogens with two attached hydrogens (primary N) is 1. The SMILES string of the molecule is CCC1(N)CN(S(=O)(=O)c2cn(C)c(=O)n(C)c2=O)C1. The van der Waals surface area contributed by atoms with E-state index in [-0.39, 0.29) is 13.1 Å². The summed E-state index contributed by atoms with van der Waals surface area (Å²) < 4.78 is 27.8. The van der Waals surface area contributed by atoms with Gasteiger partial charge in [-0.25, -0.2) is 13.2 Å². The van der Waals surface area contributed by atoms with Crippen LogP contribution < -0.4 is 17.0 Å². The lowest BCUT2D eigenvalue weighted by atomic mass is 9.91. The lowest BCUT2D eigenvalue weighted by Crippen LogP contribution is -2.68. The normalized spacial score (nSPS) is 18.8. The van der Waals surface area contributed by atoms with Crippen LogP contribution in [0.4, 0.5) is 0 Å². The first kappa shape index (κ1) is 14.9. The summed E-state index contributed by atoms with van der Waals surface area (Å²) in [5.74, 6) is 0. The zero-order chi connectivity index (χ0) is 15.3. The van der Waals surface area contributed by atoms with E-state index in [1.165, 1.54) is 14.1 Å². The largest absolute Gasteiger partial charge is 0.330 e. The molecule has 1 fully saturated rings. The fourth-order valence-electron chi connectivity index (χ4n) is 2.14. The Labute approximate surface area is 116 Å². The van der Waals surface area contributed by atoms with Gasteiger partial charge >= 0.3 is 5.69 Å². The van der Waals surface area contributed by atoms with Crippen LogP contribution in [0.2, 0.25) is 0 Å². The lowest BCUT2D eigenvalue weighted by molar-refractivity contribution is 0.153. The van der Waals surface area contributed by atoms with E-state index < -0.39 is 31.7 Å². The van der Waals surface area contributed by atoms with E-state index in [0.717, 1.165) is 19.6 Å². The number of nitrogens with zero attached hydrogens (tertiary/aromatic N) is 3. The number of hydrogen-bond donors (Lipinski definition) is 1. The Bertz CT molecular complexity index is 756. The first-order valence-electron chi connectivity index (χ1n) is 6.18. The summed E-state index contributed by atoms with van der Waals surface area (Å²) in [6.07, 6.45) is 1.72. The molecule has 9 heteroatoms. The van der Waals surface area contributed by atoms with Gasteiger partial charge in [-0.05, 0) is 6.42 Å². The van der Waals surface area contributed by atoms with Crippen LogP contribution in [-0.4, -0.2) is 40.5 Å². The molecule has 0 saturated carbocycles. The maximum absolute atomic E-state index is 12.4. The van der Waals surface area contributed by atoms with Crippen LogP contribution in [0.5, 0.6) is 0 Å². The van der Waals surface area contributed by atoms with Crippen molar-refractivity contribution in [1.82, 2.24) is 13.4 Å². The molecule has 1 aromatic rings. The smallest absolute Gasteiger partial charge is 0.323 e. The van der Waals surface area contributed by atoms with Crippen LogP contribution in [0, 0.1) is 0 Å². The number of aromatic nitrogens is 2. The van der Waals surface area contributed by atoms with Gasteiger partial charge in [0.05, 0.1) is 0 Å². The molecule has 0 atom stereocenters. The first-order chi connectivity index (χ1) is 9.12. The molecule has 0 spiro atoms. The number of rotatable bonds is 3. The van der Waals surface area contributed by atoms with Gasteiger partial charge in [-0.2, -0.15) is 4.31 Å². The Kier molecular flexibility index (Phi) is 3.39. The number of hydrogen-bond acceptors (Lipinski definition) is 5. The van der Waals surface area contributed by atoms with Crippen LogP contribution in [0.25, 0.3) is 0 Å². The molecule has 1 aliphatic heterocycles. The van der Waals surface area contributed by atoms with Crippen LogP contribution in [-0.2, 0) is 24.1 Å². The number of aryl methyl sites for hydroxylation is 1. The monoisotopic (exact) mass is 302 g/mol. The average molecular weight is 302 g/mol. The van der Waals surface area contributed by atoms with Gasteiger partial charge in [0.1, 0.15) is 0 Å². The molecule has 2 N–H and O–H groups in total. The van der Waals surface area contributed by atoms with Crippen LogP contribution in [0.3, 0.4) is 0 Å². The third-order valence-corrected chi connectivity index (χ3v) is 5.49. The van der Waals surface area contributed by atoms with Gasteiger partial charge in [0.25, 0.3) is 5.56 Å². The van der Waals surface area contributed by atoms with Crippen LogP contribution >= 0.6 is 0 Å². The lowest BCUT2D eigenvalue weighted by Gasteiger charge is -2.45. The Morgan fingerprint density at radius 3 is 2.35 bits per heavy atom. The second-order valence-corrected chi connectivity index (χ2v) is 7.15. The van der Waals surface area contributed by atoms with Crippen molar-refractivity contribution in [2.24, 2.45) is 19.8 Å². The maximum atomic E-state index is 12.4. The van der Waals surface area contributed by atoms with Gasteiger partial charge in [0, 0.05) is 38.9 Å². The summed E-state index contributed by atoms with van der Waals surface area (Å²) in [5.41, 5.74) is 4.03. The topological polar surface area (TPSA) is 107 Å². The molecule has 1 aromatic heterocycles. The van der Waals surface area contributed by atoms with Crippen molar-refractivity contribution in [2.75, 3.05) is 13.1 Å². The van der Waals surface area contributed by atoms with Crippen molar-refractivity contribution < 1.29 is 8.42 Å². The van der Waals surface area contributed by atoms with Crippen molar-refractivity contribution in [2.45, 2.75) is 23.8 Å². The highest BCUT2D eigenvalue weighted by Gasteiger charge is 2.45. The van der Waals surface area contributed by atoms with Crippen LogP contribution in [0.1, 0.15) is 13.3 Å². The van der Waals surface area contributed by atoms with E-state index in [1.807, 2.05) is 6.92 Å². The molecule has 0 bridgehead atoms. The standard InChI is InChI=1S/C11H18N4O4S/c1-4-11(12)6-15(7-11)20(18,19)8-5-13(2)10(17)14(3)9(8)16/h5H,4,6-7,12H2,1-3H3. The zero-order valence-electron chi connectivity index (χ0n) is 11.7. The Morgan fingerprint density at radius 1 is 1.30 bits per heavy atom. The fourth-order valence-corrected chi connectivity index (χ4v) is 3.92. The van der Waals surface area contributed by atoms with Crippen molar-refractivity contribution in [3.8, 4) is 0 Å². The molecule has 0 unspecified atom stereocenters. The summed E-state index contributed by atoms with van der Waals surface area (Å²) in [7, 11) is -1.27. The van der Waals surface area contributed by atoms with Gasteiger partial charge in [0.15, 0.2) is 4.90 Å². The van der Waals surface area contributed by atoms with E-state index >= 15 is 0 Å². The fraction of sp³-hybridized carbons (Fsp3) is 0.636. The Morgan fingerprint density at radius 2 is 1.85 bits per heavy atom. The van der Waals surface area contributed by atoms with E-state index in [2.05, 4.69) is 0 Å². The molecule has 1 aliphatic rings. The average Bonchev–Trinajstić information content (AvgIpc) is 2.36. The molecule has 112 valence electrons. The highest BCUT2D eigenvalue weighted by Crippen LogP contribution is 2.26. The van der Waals surface area contributed by atoms with Crippen molar-refractivity contribution in [3.63, 3.8) is 0 Å². The van der Waals surface area contributed by atoms with E-state index in [4.69, 9.17) is 5.73 Å². The molecule has 0 amide bonds. The van der Waals surface area contributed by atoms with Crippen molar-refractivity contribution in [3.05, 3.63) is 27.0 Å². The molecule has 0 aromatic carbocycles. The molecule has 20 heavy (non-hydrogen) atoms. The highest BCUT2D eigenvalue weighted by molar-refractivity contribution is 7.89. The molecular formula is C11H18N4O4S. The second-order valence-electron chi connectivity index (χ2n) is 5.24. The van der Waals surface area contributed by atoms with E-state index in [0.29, 0.717) is 6.42 Å². The minimum atomic E-state index is -3.92. The predicted octanol–water partition coefficient (Wildman–Crippen LogP) is -1.80. The van der Waals surface area contributed by atoms with Gasteiger partial charge in [0.2, 0.25) is 10.0 Å². The Balaban J connectivity index is 2.48. The molecule has 2 rings (SSSR count). The van der Waals surface area contributed by atoms with Crippen LogP contribution in [0.15, 0.2) is 20.7 Å². The minimum absolute atomic E-state index is 0.178. The molecular weight excluding hydrogens is 284 g/mol. The maximum Gasteiger partial charge on any atom is 0.330 e. The number of sulfonamides is 1. The summed E-state index contributed by atoms with van der Waals surface area (Å²) in [4.78, 5) is 23.1. The van der Waals surface area contributed by atoms with Crippen molar-refractivity contribution in [1.29, 1.82) is 0 Å². The quantitative estimate of drug-likeness (QED) is 0.708. The predicted molar refractivity (Wildman–Crippen MR) is 72.9 cm³/mol. The van der Waals surface area contributed by atoms with E-state index in [1.54, 1.807) is 0 Å². The Hall–Kier alpha value is -1.45. The minimum Gasteiger partial charge on any atom is -0.323 e. The summed E-state index contributed by atoms with van der Waals surface area (Å²) >= 11 is 0. The zero-order valence-corrected chi connectivity index (χ0v) is 12.5. The van der Waals surface area contributed by atoms with Gasteiger partial charge < -0.3 is 10.3 Å². The molecule has 1 saturated heterocycles. The van der Waals surface area contributed by atoms with Gasteiger partial charge in [-0.15, -0.1) is 0 Å². The summed E-state index contributed by atoms with van der Waals surface area (Å²) in [6, 6.07) is 0. The molecule has 0 aliphatic carbocycles. The second kappa shape index (κ2) is 4.54.